The third kappa shape index (κ3) is 4.59. The largest absolute Gasteiger partial charge is 0.310 e. The second-order valence-corrected chi connectivity index (χ2v) is 4.03. The molecule has 0 fully saturated rings. The van der Waals surface area contributed by atoms with Crippen LogP contribution in [0.25, 0.3) is 0 Å². The lowest BCUT2D eigenvalue weighted by molar-refractivity contribution is -0.115. The minimum Gasteiger partial charge on any atom is -0.310 e. The molecule has 0 aromatic carbocycles. The summed E-state index contributed by atoms with van der Waals surface area (Å²) in [4.78, 5) is 15.5. The number of anilines is 1. The van der Waals surface area contributed by atoms with Crippen LogP contribution in [0.1, 0.15) is 20.3 Å². The summed E-state index contributed by atoms with van der Waals surface area (Å²) in [5, 5.41) is 6.32. The zero-order chi connectivity index (χ0) is 12.0. The van der Waals surface area contributed by atoms with Gasteiger partial charge in [-0.3, -0.25) is 4.79 Å². The van der Waals surface area contributed by atoms with Crippen LogP contribution in [0.4, 0.5) is 5.82 Å². The van der Waals surface area contributed by atoms with Crippen molar-refractivity contribution in [1.29, 1.82) is 0 Å². The third-order valence-electron chi connectivity index (χ3n) is 2.21. The van der Waals surface area contributed by atoms with Crippen molar-refractivity contribution in [3.63, 3.8) is 0 Å². The van der Waals surface area contributed by atoms with E-state index in [0.29, 0.717) is 16.9 Å². The lowest BCUT2D eigenvalue weighted by Gasteiger charge is -2.10. The molecule has 1 amide bonds. The Hall–Kier alpha value is -1.13. The molecule has 2 N–H and O–H groups in total. The van der Waals surface area contributed by atoms with Crippen LogP contribution < -0.4 is 10.6 Å². The first-order chi connectivity index (χ1) is 7.61. The smallest absolute Gasteiger partial charge is 0.239 e. The van der Waals surface area contributed by atoms with Crippen LogP contribution in [0.15, 0.2) is 18.3 Å². The Kier molecular flexibility index (Phi) is 5.22. The van der Waals surface area contributed by atoms with E-state index in [0.717, 1.165) is 6.42 Å². The summed E-state index contributed by atoms with van der Waals surface area (Å²) >= 11 is 5.77. The minimum atomic E-state index is -0.116. The number of pyridine rings is 1. The molecule has 0 spiro atoms. The first-order valence-electron chi connectivity index (χ1n) is 5.26. The number of aromatic nitrogens is 1. The molecule has 1 unspecified atom stereocenters. The summed E-state index contributed by atoms with van der Waals surface area (Å²) in [6, 6.07) is 3.61. The number of rotatable bonds is 5. The van der Waals surface area contributed by atoms with E-state index in [2.05, 4.69) is 22.5 Å². The van der Waals surface area contributed by atoms with Crippen LogP contribution in [0, 0.1) is 0 Å². The van der Waals surface area contributed by atoms with Gasteiger partial charge in [-0.2, -0.15) is 0 Å². The first kappa shape index (κ1) is 12.9. The topological polar surface area (TPSA) is 54.0 Å². The SMILES string of the molecule is CCC(C)NCC(=O)Nc1cc(Cl)ccn1. The highest BCUT2D eigenvalue weighted by atomic mass is 35.5. The fourth-order valence-corrected chi connectivity index (χ4v) is 1.23. The zero-order valence-electron chi connectivity index (χ0n) is 9.46. The Morgan fingerprint density at radius 1 is 1.62 bits per heavy atom. The molecule has 0 bridgehead atoms. The van der Waals surface area contributed by atoms with Crippen molar-refractivity contribution >= 4 is 23.3 Å². The molecule has 0 saturated carbocycles. The van der Waals surface area contributed by atoms with Crippen LogP contribution in [0.3, 0.4) is 0 Å². The van der Waals surface area contributed by atoms with Gasteiger partial charge in [0, 0.05) is 17.3 Å². The second kappa shape index (κ2) is 6.45. The highest BCUT2D eigenvalue weighted by Crippen LogP contribution is 2.11. The maximum atomic E-state index is 11.5. The van der Waals surface area contributed by atoms with E-state index in [1.807, 2.05) is 6.92 Å². The summed E-state index contributed by atoms with van der Waals surface area (Å²) in [5.41, 5.74) is 0. The normalized spacial score (nSPS) is 12.2. The maximum absolute atomic E-state index is 11.5. The lowest BCUT2D eigenvalue weighted by atomic mass is 10.2. The Bertz CT molecular complexity index is 357. The summed E-state index contributed by atoms with van der Waals surface area (Å²) < 4.78 is 0. The van der Waals surface area contributed by atoms with E-state index in [-0.39, 0.29) is 12.5 Å². The van der Waals surface area contributed by atoms with Gasteiger partial charge in [-0.1, -0.05) is 18.5 Å². The van der Waals surface area contributed by atoms with Gasteiger partial charge in [-0.25, -0.2) is 4.98 Å². The summed E-state index contributed by atoms with van der Waals surface area (Å²) in [6.07, 6.45) is 2.54. The van der Waals surface area contributed by atoms with E-state index < -0.39 is 0 Å². The minimum absolute atomic E-state index is 0.116. The van der Waals surface area contributed by atoms with Gasteiger partial charge in [0.25, 0.3) is 0 Å². The fraction of sp³-hybridized carbons (Fsp3) is 0.455. The molecular formula is C11H16ClN3O. The molecular weight excluding hydrogens is 226 g/mol. The van der Waals surface area contributed by atoms with Gasteiger partial charge in [0.1, 0.15) is 5.82 Å². The van der Waals surface area contributed by atoms with Crippen molar-refractivity contribution in [1.82, 2.24) is 10.3 Å². The van der Waals surface area contributed by atoms with Gasteiger partial charge in [-0.05, 0) is 25.5 Å². The quantitative estimate of drug-likeness (QED) is 0.830. The van der Waals surface area contributed by atoms with Gasteiger partial charge >= 0.3 is 0 Å². The molecule has 0 aliphatic carbocycles. The molecule has 1 aromatic heterocycles. The Labute approximate surface area is 100 Å². The maximum Gasteiger partial charge on any atom is 0.239 e. The average Bonchev–Trinajstić information content (AvgIpc) is 2.26. The van der Waals surface area contributed by atoms with E-state index in [4.69, 9.17) is 11.6 Å². The standard InChI is InChI=1S/C11H16ClN3O/c1-3-8(2)14-7-11(16)15-10-6-9(12)4-5-13-10/h4-6,8,14H,3,7H2,1-2H3,(H,13,15,16). The molecule has 4 nitrogen and oxygen atoms in total. The molecule has 1 rings (SSSR count). The van der Waals surface area contributed by atoms with Gasteiger partial charge in [-0.15, -0.1) is 0 Å². The van der Waals surface area contributed by atoms with Crippen LogP contribution in [-0.2, 0) is 4.79 Å². The van der Waals surface area contributed by atoms with Crippen LogP contribution in [0.2, 0.25) is 5.02 Å². The molecule has 1 atom stereocenters. The van der Waals surface area contributed by atoms with Crippen molar-refractivity contribution in [2.75, 3.05) is 11.9 Å². The van der Waals surface area contributed by atoms with Crippen LogP contribution in [0.5, 0.6) is 0 Å². The molecule has 5 heteroatoms. The fourth-order valence-electron chi connectivity index (χ4n) is 1.07. The van der Waals surface area contributed by atoms with Gasteiger partial charge in [0.15, 0.2) is 0 Å². The van der Waals surface area contributed by atoms with Crippen molar-refractivity contribution in [2.45, 2.75) is 26.3 Å². The summed E-state index contributed by atoms with van der Waals surface area (Å²) in [6.45, 7) is 4.38. The van der Waals surface area contributed by atoms with E-state index in [1.165, 1.54) is 0 Å². The molecule has 1 heterocycles. The Morgan fingerprint density at radius 2 is 2.38 bits per heavy atom. The van der Waals surface area contributed by atoms with E-state index in [9.17, 15) is 4.79 Å². The van der Waals surface area contributed by atoms with Crippen molar-refractivity contribution in [3.05, 3.63) is 23.4 Å². The summed E-state index contributed by atoms with van der Waals surface area (Å²) in [7, 11) is 0. The Morgan fingerprint density at radius 3 is 3.00 bits per heavy atom. The Balaban J connectivity index is 2.40. The lowest BCUT2D eigenvalue weighted by Crippen LogP contribution is -2.34. The van der Waals surface area contributed by atoms with Crippen molar-refractivity contribution in [3.8, 4) is 0 Å². The van der Waals surface area contributed by atoms with Gasteiger partial charge in [0.2, 0.25) is 5.91 Å². The molecule has 0 saturated heterocycles. The van der Waals surface area contributed by atoms with E-state index in [1.54, 1.807) is 18.3 Å². The van der Waals surface area contributed by atoms with Crippen molar-refractivity contribution < 1.29 is 4.79 Å². The highest BCUT2D eigenvalue weighted by Gasteiger charge is 2.05. The zero-order valence-corrected chi connectivity index (χ0v) is 10.2. The van der Waals surface area contributed by atoms with Gasteiger partial charge in [0.05, 0.1) is 6.54 Å². The molecule has 0 aliphatic rings. The monoisotopic (exact) mass is 241 g/mol. The van der Waals surface area contributed by atoms with Crippen LogP contribution in [-0.4, -0.2) is 23.5 Å². The first-order valence-corrected chi connectivity index (χ1v) is 5.64. The third-order valence-corrected chi connectivity index (χ3v) is 2.45. The number of halogens is 1. The molecule has 16 heavy (non-hydrogen) atoms. The number of hydrogen-bond donors (Lipinski definition) is 2. The summed E-state index contributed by atoms with van der Waals surface area (Å²) in [5.74, 6) is 0.360. The highest BCUT2D eigenvalue weighted by molar-refractivity contribution is 6.30. The number of nitrogens with one attached hydrogen (secondary N) is 2. The van der Waals surface area contributed by atoms with E-state index >= 15 is 0 Å². The number of amides is 1. The van der Waals surface area contributed by atoms with Gasteiger partial charge < -0.3 is 10.6 Å². The number of nitrogens with zero attached hydrogens (tertiary/aromatic N) is 1. The molecule has 88 valence electrons. The predicted octanol–water partition coefficient (Wildman–Crippen LogP) is 2.06. The molecule has 0 radical (unpaired) electrons. The van der Waals surface area contributed by atoms with Crippen LogP contribution >= 0.6 is 11.6 Å². The second-order valence-electron chi connectivity index (χ2n) is 3.60. The predicted molar refractivity (Wildman–Crippen MR) is 65.6 cm³/mol. The molecule has 0 aliphatic heterocycles. The number of carbonyl (C=O) groups excluding carboxylic acids is 1. The number of hydrogen-bond acceptors (Lipinski definition) is 3. The number of carbonyl (C=O) groups is 1. The average molecular weight is 242 g/mol. The molecule has 1 aromatic rings. The van der Waals surface area contributed by atoms with Crippen molar-refractivity contribution in [2.24, 2.45) is 0 Å².